The van der Waals surface area contributed by atoms with Crippen LogP contribution >= 0.6 is 0 Å². The Labute approximate surface area is 171 Å². The van der Waals surface area contributed by atoms with Crippen molar-refractivity contribution in [2.75, 3.05) is 0 Å². The van der Waals surface area contributed by atoms with Crippen LogP contribution in [0, 0.1) is 11.8 Å². The number of halogens is 2. The molecular formula is C21H25F2N3O4. The zero-order valence-electron chi connectivity index (χ0n) is 16.9. The summed E-state index contributed by atoms with van der Waals surface area (Å²) in [4.78, 5) is 36.3. The molecule has 30 heavy (non-hydrogen) atoms. The molecule has 0 spiro atoms. The molecule has 0 unspecified atom stereocenters. The van der Waals surface area contributed by atoms with Gasteiger partial charge in [-0.05, 0) is 56.9 Å². The molecule has 2 heterocycles. The highest BCUT2D eigenvalue weighted by molar-refractivity contribution is 5.84. The predicted octanol–water partition coefficient (Wildman–Crippen LogP) is 4.19. The molecule has 2 saturated carbocycles. The van der Waals surface area contributed by atoms with Gasteiger partial charge >= 0.3 is 11.6 Å². The van der Waals surface area contributed by atoms with E-state index in [2.05, 4.69) is 15.1 Å². The number of nitrogens with zero attached hydrogens (tertiary/aromatic N) is 2. The van der Waals surface area contributed by atoms with Crippen molar-refractivity contribution in [1.29, 1.82) is 0 Å². The molecule has 1 N–H and O–H groups in total. The Hall–Kier alpha value is -2.58. The number of nitrogens with one attached hydrogen (secondary N) is 1. The molecule has 2 aliphatic rings. The van der Waals surface area contributed by atoms with Crippen LogP contribution in [0.4, 0.5) is 8.78 Å². The maximum absolute atomic E-state index is 13.4. The average molecular weight is 421 g/mol. The third-order valence-electron chi connectivity index (χ3n) is 5.97. The lowest BCUT2D eigenvalue weighted by Crippen LogP contribution is -2.29. The second kappa shape index (κ2) is 8.28. The van der Waals surface area contributed by atoms with Gasteiger partial charge in [-0.2, -0.15) is 4.98 Å². The molecule has 0 bridgehead atoms. The normalized spacial score (nSPS) is 19.8. The van der Waals surface area contributed by atoms with Crippen LogP contribution in [0.3, 0.4) is 0 Å². The number of oxime groups is 1. The molecule has 0 atom stereocenters. The highest BCUT2D eigenvalue weighted by Gasteiger charge is 2.36. The highest BCUT2D eigenvalue weighted by atomic mass is 19.3. The van der Waals surface area contributed by atoms with Crippen molar-refractivity contribution >= 4 is 16.8 Å². The minimum absolute atomic E-state index is 0.0859. The summed E-state index contributed by atoms with van der Waals surface area (Å²) in [6.45, 7) is 0.939. The van der Waals surface area contributed by atoms with E-state index in [4.69, 9.17) is 9.25 Å². The summed E-state index contributed by atoms with van der Waals surface area (Å²) in [6.07, 6.45) is 6.53. The molecular weight excluding hydrogens is 396 g/mol. The molecule has 2 aromatic heterocycles. The molecule has 0 saturated heterocycles. The van der Waals surface area contributed by atoms with Crippen molar-refractivity contribution in [2.45, 2.75) is 70.6 Å². The predicted molar refractivity (Wildman–Crippen MR) is 107 cm³/mol. The van der Waals surface area contributed by atoms with Crippen LogP contribution in [0.1, 0.15) is 63.9 Å². The van der Waals surface area contributed by atoms with Gasteiger partial charge < -0.3 is 9.25 Å². The number of alkyl halides is 2. The van der Waals surface area contributed by atoms with Crippen molar-refractivity contribution in [2.24, 2.45) is 17.0 Å². The smallest absolute Gasteiger partial charge is 0.337 e. The van der Waals surface area contributed by atoms with Crippen LogP contribution in [0.5, 0.6) is 6.01 Å². The summed E-state index contributed by atoms with van der Waals surface area (Å²) in [5, 5.41) is 4.20. The molecule has 162 valence electrons. The van der Waals surface area contributed by atoms with Crippen LogP contribution in [0.25, 0.3) is 11.1 Å². The van der Waals surface area contributed by atoms with Crippen LogP contribution in [-0.2, 0) is 6.42 Å². The second-order valence-corrected chi connectivity index (χ2v) is 8.46. The van der Waals surface area contributed by atoms with E-state index in [1.807, 2.05) is 0 Å². The second-order valence-electron chi connectivity index (χ2n) is 8.46. The molecule has 0 aromatic carbocycles. The Kier molecular flexibility index (Phi) is 5.71. The number of aromatic nitrogens is 2. The Morgan fingerprint density at radius 2 is 2.00 bits per heavy atom. The highest BCUT2D eigenvalue weighted by Crippen LogP contribution is 2.35. The van der Waals surface area contributed by atoms with E-state index >= 15 is 0 Å². The van der Waals surface area contributed by atoms with Gasteiger partial charge in [0, 0.05) is 12.0 Å². The minimum Gasteiger partial charge on any atom is -0.403 e. The van der Waals surface area contributed by atoms with E-state index in [9.17, 15) is 18.4 Å². The number of fused-ring (bicyclic) bond motifs is 1. The molecule has 0 amide bonds. The first-order valence-corrected chi connectivity index (χ1v) is 10.5. The van der Waals surface area contributed by atoms with Gasteiger partial charge in [-0.15, -0.1) is 0 Å². The van der Waals surface area contributed by atoms with E-state index in [1.165, 1.54) is 18.9 Å². The average Bonchev–Trinajstić information content (AvgIpc) is 3.50. The minimum atomic E-state index is -2.70. The van der Waals surface area contributed by atoms with Crippen molar-refractivity contribution in [3.63, 3.8) is 0 Å². The van der Waals surface area contributed by atoms with Crippen LogP contribution in [0.2, 0.25) is 0 Å². The maximum Gasteiger partial charge on any atom is 0.337 e. The van der Waals surface area contributed by atoms with Crippen LogP contribution in [0.15, 0.2) is 25.2 Å². The van der Waals surface area contributed by atoms with Crippen LogP contribution < -0.4 is 16.0 Å². The summed E-state index contributed by atoms with van der Waals surface area (Å²) in [7, 11) is 0. The quantitative estimate of drug-likeness (QED) is 0.676. The van der Waals surface area contributed by atoms with Gasteiger partial charge in [0.2, 0.25) is 11.6 Å². The molecule has 4 rings (SSSR count). The first-order valence-electron chi connectivity index (χ1n) is 10.5. The number of aromatic amines is 1. The van der Waals surface area contributed by atoms with Gasteiger partial charge in [0.15, 0.2) is 0 Å². The van der Waals surface area contributed by atoms with Gasteiger partial charge in [0.1, 0.15) is 5.39 Å². The SMILES string of the molecule is CC(F)(F)C1CCC(=NOc2nc3oc(=O)cc(CCCC4CC4)c3c(=O)[nH]2)CC1. The lowest BCUT2D eigenvalue weighted by molar-refractivity contribution is -0.0468. The molecule has 2 aromatic rings. The van der Waals surface area contributed by atoms with E-state index in [0.29, 0.717) is 43.4 Å². The third kappa shape index (κ3) is 4.94. The van der Waals surface area contributed by atoms with Crippen molar-refractivity contribution in [3.05, 3.63) is 32.4 Å². The summed E-state index contributed by atoms with van der Waals surface area (Å²) in [5.41, 5.74) is 0.130. The number of aryl methyl sites for hydroxylation is 1. The summed E-state index contributed by atoms with van der Waals surface area (Å²) in [5.74, 6) is -2.60. The molecule has 7 nitrogen and oxygen atoms in total. The zero-order valence-corrected chi connectivity index (χ0v) is 16.9. The van der Waals surface area contributed by atoms with Crippen molar-refractivity contribution < 1.29 is 18.0 Å². The Morgan fingerprint density at radius 1 is 1.27 bits per heavy atom. The fourth-order valence-electron chi connectivity index (χ4n) is 4.01. The van der Waals surface area contributed by atoms with E-state index in [-0.39, 0.29) is 17.1 Å². The number of rotatable bonds is 7. The van der Waals surface area contributed by atoms with Gasteiger partial charge in [-0.1, -0.05) is 24.4 Å². The monoisotopic (exact) mass is 421 g/mol. The molecule has 0 radical (unpaired) electrons. The zero-order chi connectivity index (χ0) is 21.3. The largest absolute Gasteiger partial charge is 0.403 e. The van der Waals surface area contributed by atoms with E-state index < -0.39 is 23.0 Å². The van der Waals surface area contributed by atoms with Crippen LogP contribution in [-0.4, -0.2) is 21.6 Å². The van der Waals surface area contributed by atoms with E-state index in [1.54, 1.807) is 0 Å². The van der Waals surface area contributed by atoms with Gasteiger partial charge in [0.25, 0.3) is 5.56 Å². The van der Waals surface area contributed by atoms with Crippen molar-refractivity contribution in [3.8, 4) is 6.01 Å². The number of H-pyrrole nitrogens is 1. The maximum atomic E-state index is 13.4. The van der Waals surface area contributed by atoms with E-state index in [0.717, 1.165) is 25.7 Å². The van der Waals surface area contributed by atoms with Gasteiger partial charge in [-0.25, -0.2) is 13.6 Å². The topological polar surface area (TPSA) is 97.5 Å². The molecule has 2 fully saturated rings. The fraction of sp³-hybridized carbons (Fsp3) is 0.619. The standard InChI is InChI=1S/C21H25F2N3O4/c1-21(22,23)14-7-9-15(10-8-14)26-30-20-24-18(28)17-13(4-2-3-12-5-6-12)11-16(27)29-19(17)25-20/h11-12,14H,2-10H2,1H3,(H,24,25,28). The number of hydrogen-bond acceptors (Lipinski definition) is 6. The summed E-state index contributed by atoms with van der Waals surface area (Å²) in [6, 6.07) is 1.15. The summed E-state index contributed by atoms with van der Waals surface area (Å²) < 4.78 is 31.9. The fourth-order valence-corrected chi connectivity index (χ4v) is 4.01. The Bertz CT molecular complexity index is 1060. The first-order chi connectivity index (χ1) is 14.3. The third-order valence-corrected chi connectivity index (χ3v) is 5.97. The summed E-state index contributed by atoms with van der Waals surface area (Å²) >= 11 is 0. The lowest BCUT2D eigenvalue weighted by Gasteiger charge is -2.27. The number of hydrogen-bond donors (Lipinski definition) is 1. The van der Waals surface area contributed by atoms with Crippen molar-refractivity contribution in [1.82, 2.24) is 9.97 Å². The molecule has 9 heteroatoms. The van der Waals surface area contributed by atoms with Gasteiger partial charge in [-0.3, -0.25) is 9.78 Å². The first kappa shape index (κ1) is 20.7. The Balaban J connectivity index is 1.49. The molecule has 2 aliphatic carbocycles. The van der Waals surface area contributed by atoms with Gasteiger partial charge in [0.05, 0.1) is 5.71 Å². The molecule has 0 aliphatic heterocycles. The Morgan fingerprint density at radius 3 is 2.67 bits per heavy atom. The lowest BCUT2D eigenvalue weighted by atomic mass is 9.84.